The Morgan fingerprint density at radius 2 is 1.82 bits per heavy atom. The fraction of sp³-hybridized carbons (Fsp3) is 0.714. The molecule has 1 rings (SSSR count). The maximum atomic E-state index is 10.6. The maximum absolute atomic E-state index is 10.6. The third-order valence-electron chi connectivity index (χ3n) is 2.58. The highest BCUT2D eigenvalue weighted by molar-refractivity contribution is 5.99. The molecule has 4 nitrogen and oxygen atoms in total. The quantitative estimate of drug-likeness (QED) is 0.576. The lowest BCUT2D eigenvalue weighted by atomic mass is 9.61. The van der Waals surface area contributed by atoms with Crippen molar-refractivity contribution in [3.8, 4) is 0 Å². The van der Waals surface area contributed by atoms with Crippen LogP contribution in [0.3, 0.4) is 0 Å². The van der Waals surface area contributed by atoms with Crippen LogP contribution in [0.1, 0.15) is 19.8 Å². The zero-order valence-corrected chi connectivity index (χ0v) is 6.20. The molecule has 0 aromatic carbocycles. The van der Waals surface area contributed by atoms with E-state index in [4.69, 9.17) is 10.2 Å². The smallest absolute Gasteiger partial charge is 0.321 e. The van der Waals surface area contributed by atoms with Gasteiger partial charge >= 0.3 is 11.9 Å². The van der Waals surface area contributed by atoms with E-state index in [-0.39, 0.29) is 12.3 Å². The van der Waals surface area contributed by atoms with Gasteiger partial charge in [-0.25, -0.2) is 0 Å². The molecule has 0 aromatic heterocycles. The summed E-state index contributed by atoms with van der Waals surface area (Å²) in [6, 6.07) is 0. The number of carboxylic acids is 2. The molecule has 0 aliphatic heterocycles. The fourth-order valence-corrected chi connectivity index (χ4v) is 1.45. The second-order valence-corrected chi connectivity index (χ2v) is 3.02. The van der Waals surface area contributed by atoms with Gasteiger partial charge < -0.3 is 10.2 Å². The standard InChI is InChI=1S/C7H10O4/c1-4-2-3-7(4,5(8)9)6(10)11/h4H,2-3H2,1H3,(H,8,9)(H,10,11). The molecule has 1 saturated carbocycles. The van der Waals surface area contributed by atoms with Crippen molar-refractivity contribution in [3.05, 3.63) is 0 Å². The van der Waals surface area contributed by atoms with Crippen LogP contribution in [0.4, 0.5) is 0 Å². The second kappa shape index (κ2) is 2.22. The third kappa shape index (κ3) is 0.818. The van der Waals surface area contributed by atoms with E-state index in [1.54, 1.807) is 6.92 Å². The van der Waals surface area contributed by atoms with Gasteiger partial charge in [0.1, 0.15) is 0 Å². The zero-order valence-electron chi connectivity index (χ0n) is 6.20. The van der Waals surface area contributed by atoms with Gasteiger partial charge in [0.05, 0.1) is 0 Å². The Morgan fingerprint density at radius 1 is 1.36 bits per heavy atom. The summed E-state index contributed by atoms with van der Waals surface area (Å²) >= 11 is 0. The van der Waals surface area contributed by atoms with Crippen molar-refractivity contribution < 1.29 is 19.8 Å². The predicted octanol–water partition coefficient (Wildman–Crippen LogP) is 0.572. The largest absolute Gasteiger partial charge is 0.480 e. The highest BCUT2D eigenvalue weighted by Crippen LogP contribution is 2.46. The number of carbonyl (C=O) groups is 2. The Morgan fingerprint density at radius 3 is 1.82 bits per heavy atom. The Bertz CT molecular complexity index is 194. The van der Waals surface area contributed by atoms with Gasteiger partial charge in [-0.2, -0.15) is 0 Å². The molecule has 0 saturated heterocycles. The molecule has 1 aliphatic rings. The van der Waals surface area contributed by atoms with Gasteiger partial charge in [-0.15, -0.1) is 0 Å². The number of hydrogen-bond donors (Lipinski definition) is 2. The Hall–Kier alpha value is -1.06. The molecule has 1 aliphatic carbocycles. The lowest BCUT2D eigenvalue weighted by Crippen LogP contribution is -2.51. The summed E-state index contributed by atoms with van der Waals surface area (Å²) in [5.74, 6) is -2.65. The molecule has 0 bridgehead atoms. The summed E-state index contributed by atoms with van der Waals surface area (Å²) in [5.41, 5.74) is -1.49. The van der Waals surface area contributed by atoms with Crippen molar-refractivity contribution in [3.63, 3.8) is 0 Å². The average Bonchev–Trinajstić information content (AvgIpc) is 1.83. The summed E-state index contributed by atoms with van der Waals surface area (Å²) < 4.78 is 0. The molecule has 1 atom stereocenters. The van der Waals surface area contributed by atoms with Crippen LogP contribution in [0.25, 0.3) is 0 Å². The van der Waals surface area contributed by atoms with E-state index in [2.05, 4.69) is 0 Å². The fourth-order valence-electron chi connectivity index (χ4n) is 1.45. The van der Waals surface area contributed by atoms with Gasteiger partial charge in [-0.05, 0) is 18.8 Å². The SMILES string of the molecule is CC1CCC1(C(=O)O)C(=O)O. The molecule has 2 N–H and O–H groups in total. The van der Waals surface area contributed by atoms with Crippen LogP contribution in [-0.2, 0) is 9.59 Å². The van der Waals surface area contributed by atoms with E-state index in [0.29, 0.717) is 6.42 Å². The summed E-state index contributed by atoms with van der Waals surface area (Å²) in [6.45, 7) is 1.66. The van der Waals surface area contributed by atoms with Crippen LogP contribution in [0.15, 0.2) is 0 Å². The van der Waals surface area contributed by atoms with Crippen LogP contribution in [-0.4, -0.2) is 22.2 Å². The summed E-state index contributed by atoms with van der Waals surface area (Å²) in [7, 11) is 0. The van der Waals surface area contributed by atoms with E-state index in [0.717, 1.165) is 0 Å². The summed E-state index contributed by atoms with van der Waals surface area (Å²) in [5, 5.41) is 17.3. The van der Waals surface area contributed by atoms with Gasteiger partial charge in [-0.3, -0.25) is 9.59 Å². The van der Waals surface area contributed by atoms with E-state index in [9.17, 15) is 9.59 Å². The number of aliphatic carboxylic acids is 2. The lowest BCUT2D eigenvalue weighted by Gasteiger charge is -2.40. The first-order valence-corrected chi connectivity index (χ1v) is 3.48. The molecule has 0 radical (unpaired) electrons. The van der Waals surface area contributed by atoms with E-state index >= 15 is 0 Å². The molecular weight excluding hydrogens is 148 g/mol. The van der Waals surface area contributed by atoms with Crippen LogP contribution in [0.5, 0.6) is 0 Å². The zero-order chi connectivity index (χ0) is 8.65. The first-order valence-electron chi connectivity index (χ1n) is 3.48. The van der Waals surface area contributed by atoms with Gasteiger partial charge in [0, 0.05) is 0 Å². The average molecular weight is 158 g/mol. The molecule has 0 amide bonds. The predicted molar refractivity (Wildman–Crippen MR) is 36.1 cm³/mol. The molecular formula is C7H10O4. The van der Waals surface area contributed by atoms with Crippen molar-refractivity contribution in [2.24, 2.45) is 11.3 Å². The molecule has 4 heteroatoms. The molecule has 11 heavy (non-hydrogen) atoms. The highest BCUT2D eigenvalue weighted by atomic mass is 16.4. The van der Waals surface area contributed by atoms with Gasteiger partial charge in [0.25, 0.3) is 0 Å². The van der Waals surface area contributed by atoms with Crippen LogP contribution in [0, 0.1) is 11.3 Å². The number of hydrogen-bond acceptors (Lipinski definition) is 2. The van der Waals surface area contributed by atoms with Crippen molar-refractivity contribution in [1.29, 1.82) is 0 Å². The summed E-state index contributed by atoms with van der Waals surface area (Å²) in [4.78, 5) is 21.1. The minimum absolute atomic E-state index is 0.238. The number of carboxylic acid groups (broad SMARTS) is 2. The third-order valence-corrected chi connectivity index (χ3v) is 2.58. The van der Waals surface area contributed by atoms with Gasteiger partial charge in [0.15, 0.2) is 5.41 Å². The van der Waals surface area contributed by atoms with Gasteiger partial charge in [-0.1, -0.05) is 6.92 Å². The molecule has 1 unspecified atom stereocenters. The second-order valence-electron chi connectivity index (χ2n) is 3.02. The maximum Gasteiger partial charge on any atom is 0.321 e. The molecule has 0 heterocycles. The van der Waals surface area contributed by atoms with Crippen LogP contribution < -0.4 is 0 Å². The van der Waals surface area contributed by atoms with Crippen molar-refractivity contribution in [1.82, 2.24) is 0 Å². The minimum Gasteiger partial charge on any atom is -0.480 e. The molecule has 62 valence electrons. The molecule has 0 aromatic rings. The van der Waals surface area contributed by atoms with Gasteiger partial charge in [0.2, 0.25) is 0 Å². The Balaban J connectivity index is 2.90. The normalized spacial score (nSPS) is 27.2. The van der Waals surface area contributed by atoms with Crippen LogP contribution in [0.2, 0.25) is 0 Å². The Kier molecular flexibility index (Phi) is 1.62. The van der Waals surface area contributed by atoms with E-state index < -0.39 is 17.4 Å². The van der Waals surface area contributed by atoms with E-state index in [1.165, 1.54) is 0 Å². The summed E-state index contributed by atoms with van der Waals surface area (Å²) in [6.07, 6.45) is 0.956. The van der Waals surface area contributed by atoms with Crippen molar-refractivity contribution in [2.75, 3.05) is 0 Å². The van der Waals surface area contributed by atoms with Crippen LogP contribution >= 0.6 is 0 Å². The monoisotopic (exact) mass is 158 g/mol. The highest BCUT2D eigenvalue weighted by Gasteiger charge is 2.57. The first kappa shape index (κ1) is 8.04. The van der Waals surface area contributed by atoms with E-state index in [1.807, 2.05) is 0 Å². The lowest BCUT2D eigenvalue weighted by molar-refractivity contribution is -0.177. The van der Waals surface area contributed by atoms with Crippen molar-refractivity contribution >= 4 is 11.9 Å². The van der Waals surface area contributed by atoms with Crippen molar-refractivity contribution in [2.45, 2.75) is 19.8 Å². The topological polar surface area (TPSA) is 74.6 Å². The molecule has 1 fully saturated rings. The molecule has 0 spiro atoms. The minimum atomic E-state index is -1.49. The Labute approximate surface area is 63.8 Å². The number of rotatable bonds is 2. The first-order chi connectivity index (χ1) is 5.01.